The summed E-state index contributed by atoms with van der Waals surface area (Å²) in [5, 5.41) is 1.06. The van der Waals surface area contributed by atoms with Crippen molar-refractivity contribution in [2.24, 2.45) is 0 Å². The number of carbonyl (C=O) groups excluding carboxylic acids is 1. The van der Waals surface area contributed by atoms with Gasteiger partial charge in [-0.05, 0) is 64.3 Å². The lowest BCUT2D eigenvalue weighted by atomic mass is 9.86. The van der Waals surface area contributed by atoms with Crippen LogP contribution in [0.3, 0.4) is 0 Å². The van der Waals surface area contributed by atoms with Gasteiger partial charge in [-0.1, -0.05) is 91.3 Å². The molecule has 0 fully saturated rings. The van der Waals surface area contributed by atoms with Gasteiger partial charge in [-0.2, -0.15) is 0 Å². The smallest absolute Gasteiger partial charge is 0.336 e. The number of fused-ring (bicyclic) bond motifs is 1. The number of hydrogen-bond donors (Lipinski definition) is 0. The molecule has 0 bridgehead atoms. The highest BCUT2D eigenvalue weighted by atomic mass is 19.1. The van der Waals surface area contributed by atoms with Gasteiger partial charge in [-0.25, -0.2) is 9.18 Å². The molecular formula is C33H37FO3. The lowest BCUT2D eigenvalue weighted by Gasteiger charge is -2.19. The van der Waals surface area contributed by atoms with Crippen LogP contribution in [0.25, 0.3) is 11.0 Å². The SMILES string of the molecule is CC(C)(C)c1ccc(C(=O)c2ccc(F)cc2)cc1.CCCc1cc(=O)oc2cc(C(C)(C)C)ccc12. The number of carbonyl (C=O) groups is 1. The Morgan fingerprint density at radius 3 is 1.78 bits per heavy atom. The van der Waals surface area contributed by atoms with Gasteiger partial charge in [-0.15, -0.1) is 0 Å². The Labute approximate surface area is 219 Å². The average Bonchev–Trinajstić information content (AvgIpc) is 2.83. The number of hydrogen-bond acceptors (Lipinski definition) is 3. The molecule has 37 heavy (non-hydrogen) atoms. The van der Waals surface area contributed by atoms with E-state index in [0.717, 1.165) is 23.8 Å². The first-order valence-electron chi connectivity index (χ1n) is 12.8. The molecule has 0 amide bonds. The molecule has 1 heterocycles. The van der Waals surface area contributed by atoms with E-state index in [-0.39, 0.29) is 28.1 Å². The highest BCUT2D eigenvalue weighted by Crippen LogP contribution is 2.27. The van der Waals surface area contributed by atoms with Crippen molar-refractivity contribution in [3.05, 3.63) is 117 Å². The molecule has 0 aliphatic carbocycles. The molecule has 0 aliphatic rings. The Bertz CT molecular complexity index is 1410. The summed E-state index contributed by atoms with van der Waals surface area (Å²) in [5.41, 5.74) is 5.17. The maximum atomic E-state index is 12.8. The van der Waals surface area contributed by atoms with Crippen molar-refractivity contribution in [1.29, 1.82) is 0 Å². The van der Waals surface area contributed by atoms with Crippen molar-refractivity contribution in [1.82, 2.24) is 0 Å². The topological polar surface area (TPSA) is 47.3 Å². The fourth-order valence-corrected chi connectivity index (χ4v) is 4.06. The molecule has 0 N–H and O–H groups in total. The molecule has 4 rings (SSSR count). The van der Waals surface area contributed by atoms with Crippen LogP contribution < -0.4 is 5.63 Å². The first-order chi connectivity index (χ1) is 17.3. The third-order valence-electron chi connectivity index (χ3n) is 6.34. The van der Waals surface area contributed by atoms with Gasteiger partial charge in [0.05, 0.1) is 0 Å². The zero-order valence-corrected chi connectivity index (χ0v) is 22.9. The van der Waals surface area contributed by atoms with Crippen molar-refractivity contribution < 1.29 is 13.6 Å². The van der Waals surface area contributed by atoms with Crippen molar-refractivity contribution in [2.75, 3.05) is 0 Å². The predicted molar refractivity (Wildman–Crippen MR) is 150 cm³/mol. The monoisotopic (exact) mass is 500 g/mol. The maximum Gasteiger partial charge on any atom is 0.336 e. The molecule has 3 nitrogen and oxygen atoms in total. The van der Waals surface area contributed by atoms with Crippen LogP contribution in [-0.2, 0) is 17.3 Å². The minimum absolute atomic E-state index is 0.0630. The third-order valence-corrected chi connectivity index (χ3v) is 6.34. The molecule has 4 heteroatoms. The fraction of sp³-hybridized carbons (Fsp3) is 0.333. The zero-order valence-electron chi connectivity index (χ0n) is 22.9. The minimum Gasteiger partial charge on any atom is -0.423 e. The van der Waals surface area contributed by atoms with Crippen LogP contribution in [0, 0.1) is 5.82 Å². The molecule has 0 unspecified atom stereocenters. The minimum atomic E-state index is -0.334. The summed E-state index contributed by atoms with van der Waals surface area (Å²) in [7, 11) is 0. The Morgan fingerprint density at radius 1 is 0.757 bits per heavy atom. The summed E-state index contributed by atoms with van der Waals surface area (Å²) in [6.45, 7) is 15.0. The van der Waals surface area contributed by atoms with E-state index in [1.54, 1.807) is 6.07 Å². The molecule has 0 saturated carbocycles. The van der Waals surface area contributed by atoms with Crippen LogP contribution in [0.2, 0.25) is 0 Å². The Balaban J connectivity index is 0.000000206. The van der Waals surface area contributed by atoms with E-state index in [0.29, 0.717) is 16.7 Å². The molecular weight excluding hydrogens is 463 g/mol. The lowest BCUT2D eigenvalue weighted by Crippen LogP contribution is -2.11. The highest BCUT2D eigenvalue weighted by molar-refractivity contribution is 6.08. The number of aryl methyl sites for hydroxylation is 1. The number of benzene rings is 3. The van der Waals surface area contributed by atoms with Crippen molar-refractivity contribution in [3.8, 4) is 0 Å². The normalized spacial score (nSPS) is 11.7. The van der Waals surface area contributed by atoms with Crippen LogP contribution in [0.15, 0.2) is 82.0 Å². The summed E-state index contributed by atoms with van der Waals surface area (Å²) >= 11 is 0. The van der Waals surface area contributed by atoms with Crippen LogP contribution in [0.4, 0.5) is 4.39 Å². The van der Waals surface area contributed by atoms with Crippen LogP contribution >= 0.6 is 0 Å². The highest BCUT2D eigenvalue weighted by Gasteiger charge is 2.16. The quantitative estimate of drug-likeness (QED) is 0.209. The second kappa shape index (κ2) is 11.2. The predicted octanol–water partition coefficient (Wildman–Crippen LogP) is 8.40. The van der Waals surface area contributed by atoms with Crippen LogP contribution in [0.1, 0.15) is 87.5 Å². The molecule has 3 aromatic carbocycles. The van der Waals surface area contributed by atoms with E-state index in [1.807, 2.05) is 30.3 Å². The molecule has 194 valence electrons. The van der Waals surface area contributed by atoms with E-state index < -0.39 is 0 Å². The van der Waals surface area contributed by atoms with Crippen molar-refractivity contribution in [3.63, 3.8) is 0 Å². The Kier molecular flexibility index (Phi) is 8.53. The van der Waals surface area contributed by atoms with E-state index in [1.165, 1.54) is 35.4 Å². The van der Waals surface area contributed by atoms with Gasteiger partial charge in [0.15, 0.2) is 5.78 Å². The summed E-state index contributed by atoms with van der Waals surface area (Å²) in [5.74, 6) is -0.417. The van der Waals surface area contributed by atoms with Crippen LogP contribution in [-0.4, -0.2) is 5.78 Å². The van der Waals surface area contributed by atoms with Gasteiger partial charge < -0.3 is 4.42 Å². The maximum absolute atomic E-state index is 12.8. The first-order valence-corrected chi connectivity index (χ1v) is 12.8. The summed E-state index contributed by atoms with van der Waals surface area (Å²) in [6.07, 6.45) is 1.94. The second-order valence-electron chi connectivity index (χ2n) is 11.5. The van der Waals surface area contributed by atoms with Gasteiger partial charge in [0.1, 0.15) is 11.4 Å². The Hall–Kier alpha value is -3.53. The van der Waals surface area contributed by atoms with Gasteiger partial charge in [0, 0.05) is 22.6 Å². The Morgan fingerprint density at radius 2 is 1.27 bits per heavy atom. The lowest BCUT2D eigenvalue weighted by molar-refractivity contribution is 0.103. The largest absolute Gasteiger partial charge is 0.423 e. The summed E-state index contributed by atoms with van der Waals surface area (Å²) < 4.78 is 18.2. The molecule has 1 aromatic heterocycles. The average molecular weight is 501 g/mol. The number of halogens is 1. The third kappa shape index (κ3) is 7.25. The molecule has 0 radical (unpaired) electrons. The zero-order chi connectivity index (χ0) is 27.4. The molecule has 0 saturated heterocycles. The fourth-order valence-electron chi connectivity index (χ4n) is 4.06. The molecule has 0 atom stereocenters. The standard InChI is InChI=1S/C17H17FO.C16H20O2/c1-17(2,3)14-8-4-12(5-9-14)16(19)13-6-10-15(18)11-7-13;1-5-6-11-9-15(17)18-14-10-12(16(2,3)4)7-8-13(11)14/h4-11H,1-3H3;7-10H,5-6H2,1-4H3. The van der Waals surface area contributed by atoms with E-state index in [2.05, 4.69) is 60.6 Å². The van der Waals surface area contributed by atoms with Gasteiger partial charge in [-0.3, -0.25) is 4.79 Å². The van der Waals surface area contributed by atoms with E-state index in [9.17, 15) is 14.0 Å². The number of rotatable bonds is 4. The molecule has 0 aliphatic heterocycles. The number of ketones is 1. The van der Waals surface area contributed by atoms with Gasteiger partial charge in [0.25, 0.3) is 0 Å². The summed E-state index contributed by atoms with van der Waals surface area (Å²) in [6, 6.07) is 21.0. The summed E-state index contributed by atoms with van der Waals surface area (Å²) in [4.78, 5) is 23.8. The van der Waals surface area contributed by atoms with Gasteiger partial charge in [0.2, 0.25) is 0 Å². The molecule has 4 aromatic rings. The van der Waals surface area contributed by atoms with Crippen molar-refractivity contribution >= 4 is 16.8 Å². The van der Waals surface area contributed by atoms with Crippen molar-refractivity contribution in [2.45, 2.75) is 72.1 Å². The molecule has 0 spiro atoms. The first kappa shape index (κ1) is 28.0. The van der Waals surface area contributed by atoms with Crippen LogP contribution in [0.5, 0.6) is 0 Å². The van der Waals surface area contributed by atoms with Gasteiger partial charge >= 0.3 is 5.63 Å². The van der Waals surface area contributed by atoms with E-state index >= 15 is 0 Å². The van der Waals surface area contributed by atoms with E-state index in [4.69, 9.17) is 4.42 Å². The second-order valence-corrected chi connectivity index (χ2v) is 11.5.